The van der Waals surface area contributed by atoms with Crippen molar-refractivity contribution in [1.82, 2.24) is 14.9 Å². The van der Waals surface area contributed by atoms with Gasteiger partial charge in [-0.1, -0.05) is 6.92 Å². The van der Waals surface area contributed by atoms with Gasteiger partial charge in [0.2, 0.25) is 5.95 Å². The molecule has 0 aromatic carbocycles. The van der Waals surface area contributed by atoms with Gasteiger partial charge < -0.3 is 10.0 Å². The van der Waals surface area contributed by atoms with Crippen molar-refractivity contribution in [2.75, 3.05) is 31.1 Å². The fraction of sp³-hybridized carbons (Fsp3) is 0.583. The van der Waals surface area contributed by atoms with Gasteiger partial charge in [0, 0.05) is 38.6 Å². The minimum atomic E-state index is -0.734. The van der Waals surface area contributed by atoms with Gasteiger partial charge in [-0.2, -0.15) is 0 Å². The van der Waals surface area contributed by atoms with Gasteiger partial charge in [0.15, 0.2) is 0 Å². The molecule has 1 unspecified atom stereocenters. The zero-order valence-corrected chi connectivity index (χ0v) is 10.5. The maximum Gasteiger partial charge on any atom is 0.320 e. The van der Waals surface area contributed by atoms with Crippen LogP contribution in [0.4, 0.5) is 5.95 Å². The van der Waals surface area contributed by atoms with E-state index in [0.29, 0.717) is 6.42 Å². The van der Waals surface area contributed by atoms with Gasteiger partial charge in [-0.15, -0.1) is 0 Å². The van der Waals surface area contributed by atoms with Crippen molar-refractivity contribution in [3.8, 4) is 0 Å². The van der Waals surface area contributed by atoms with Crippen LogP contribution in [0.3, 0.4) is 0 Å². The highest BCUT2D eigenvalue weighted by Gasteiger charge is 2.27. The molecule has 6 nitrogen and oxygen atoms in total. The van der Waals surface area contributed by atoms with Gasteiger partial charge in [-0.3, -0.25) is 9.69 Å². The summed E-state index contributed by atoms with van der Waals surface area (Å²) < 4.78 is 0. The fourth-order valence-corrected chi connectivity index (χ4v) is 2.28. The lowest BCUT2D eigenvalue weighted by Gasteiger charge is -2.37. The SMILES string of the molecule is CCC(C(=O)O)N1CCN(c2ncccn2)CC1. The van der Waals surface area contributed by atoms with E-state index in [2.05, 4.69) is 14.9 Å². The molecular weight excluding hydrogens is 232 g/mol. The molecule has 0 radical (unpaired) electrons. The molecule has 1 aromatic heterocycles. The molecule has 1 saturated heterocycles. The van der Waals surface area contributed by atoms with Crippen LogP contribution in [0, 0.1) is 0 Å². The Bertz CT molecular complexity index is 390. The molecule has 1 aromatic rings. The highest BCUT2D eigenvalue weighted by atomic mass is 16.4. The number of aromatic nitrogens is 2. The molecule has 0 aliphatic carbocycles. The topological polar surface area (TPSA) is 69.6 Å². The van der Waals surface area contributed by atoms with Gasteiger partial charge in [-0.25, -0.2) is 9.97 Å². The van der Waals surface area contributed by atoms with E-state index in [4.69, 9.17) is 5.11 Å². The first-order valence-corrected chi connectivity index (χ1v) is 6.21. The second-order valence-corrected chi connectivity index (χ2v) is 4.33. The molecule has 2 rings (SSSR count). The second-order valence-electron chi connectivity index (χ2n) is 4.33. The summed E-state index contributed by atoms with van der Waals surface area (Å²) in [6.07, 6.45) is 4.08. The van der Waals surface area contributed by atoms with E-state index in [1.165, 1.54) is 0 Å². The molecule has 0 spiro atoms. The minimum Gasteiger partial charge on any atom is -0.480 e. The number of rotatable bonds is 4. The molecule has 18 heavy (non-hydrogen) atoms. The number of anilines is 1. The van der Waals surface area contributed by atoms with Crippen LogP contribution in [0.5, 0.6) is 0 Å². The summed E-state index contributed by atoms with van der Waals surface area (Å²) in [6.45, 7) is 4.93. The lowest BCUT2D eigenvalue weighted by molar-refractivity contribution is -0.143. The summed E-state index contributed by atoms with van der Waals surface area (Å²) >= 11 is 0. The Morgan fingerprint density at radius 3 is 2.44 bits per heavy atom. The average molecular weight is 250 g/mol. The van der Waals surface area contributed by atoms with E-state index in [9.17, 15) is 4.79 Å². The number of nitrogens with zero attached hydrogens (tertiary/aromatic N) is 4. The van der Waals surface area contributed by atoms with Crippen LogP contribution in [0.15, 0.2) is 18.5 Å². The van der Waals surface area contributed by atoms with Gasteiger partial charge >= 0.3 is 5.97 Å². The minimum absolute atomic E-state index is 0.371. The zero-order valence-electron chi connectivity index (χ0n) is 10.5. The summed E-state index contributed by atoms with van der Waals surface area (Å²) in [5, 5.41) is 9.13. The monoisotopic (exact) mass is 250 g/mol. The van der Waals surface area contributed by atoms with Gasteiger partial charge in [0.1, 0.15) is 6.04 Å². The van der Waals surface area contributed by atoms with Gasteiger partial charge in [0.05, 0.1) is 0 Å². The third-order valence-electron chi connectivity index (χ3n) is 3.26. The Morgan fingerprint density at radius 2 is 1.94 bits per heavy atom. The lowest BCUT2D eigenvalue weighted by Crippen LogP contribution is -2.52. The Balaban J connectivity index is 1.94. The Hall–Kier alpha value is -1.69. The van der Waals surface area contributed by atoms with Crippen molar-refractivity contribution in [2.24, 2.45) is 0 Å². The van der Waals surface area contributed by atoms with E-state index < -0.39 is 5.97 Å². The highest BCUT2D eigenvalue weighted by Crippen LogP contribution is 2.13. The van der Waals surface area contributed by atoms with Crippen LogP contribution < -0.4 is 4.90 Å². The summed E-state index contributed by atoms with van der Waals surface area (Å²) in [6, 6.07) is 1.42. The van der Waals surface area contributed by atoms with Crippen molar-refractivity contribution < 1.29 is 9.90 Å². The van der Waals surface area contributed by atoms with Crippen molar-refractivity contribution in [3.05, 3.63) is 18.5 Å². The summed E-state index contributed by atoms with van der Waals surface area (Å²) in [7, 11) is 0. The molecule has 0 amide bonds. The molecule has 1 fully saturated rings. The summed E-state index contributed by atoms with van der Waals surface area (Å²) in [4.78, 5) is 23.6. The molecule has 2 heterocycles. The van der Waals surface area contributed by atoms with Crippen LogP contribution in [0.1, 0.15) is 13.3 Å². The molecular formula is C12H18N4O2. The Morgan fingerprint density at radius 1 is 1.33 bits per heavy atom. The molecule has 1 aliphatic rings. The number of hydrogen-bond acceptors (Lipinski definition) is 5. The fourth-order valence-electron chi connectivity index (χ4n) is 2.28. The standard InChI is InChI=1S/C12H18N4O2/c1-2-10(11(17)18)15-6-8-16(9-7-15)12-13-4-3-5-14-12/h3-5,10H,2,6-9H2,1H3,(H,17,18). The van der Waals surface area contributed by atoms with E-state index in [-0.39, 0.29) is 6.04 Å². The number of aliphatic carboxylic acids is 1. The van der Waals surface area contributed by atoms with Crippen molar-refractivity contribution in [3.63, 3.8) is 0 Å². The Labute approximate surface area is 106 Å². The summed E-state index contributed by atoms with van der Waals surface area (Å²) in [5.41, 5.74) is 0. The van der Waals surface area contributed by atoms with Crippen LogP contribution in [-0.2, 0) is 4.79 Å². The van der Waals surface area contributed by atoms with Crippen molar-refractivity contribution in [2.45, 2.75) is 19.4 Å². The van der Waals surface area contributed by atoms with E-state index in [1.807, 2.05) is 11.8 Å². The van der Waals surface area contributed by atoms with Crippen molar-refractivity contribution in [1.29, 1.82) is 0 Å². The number of carboxylic acid groups (broad SMARTS) is 1. The highest BCUT2D eigenvalue weighted by molar-refractivity contribution is 5.73. The zero-order chi connectivity index (χ0) is 13.0. The number of hydrogen-bond donors (Lipinski definition) is 1. The lowest BCUT2D eigenvalue weighted by atomic mass is 10.1. The smallest absolute Gasteiger partial charge is 0.320 e. The summed E-state index contributed by atoms with van der Waals surface area (Å²) in [5.74, 6) is -0.0116. The first kappa shape index (κ1) is 12.8. The maximum atomic E-state index is 11.1. The molecule has 6 heteroatoms. The maximum absolute atomic E-state index is 11.1. The first-order valence-electron chi connectivity index (χ1n) is 6.21. The predicted molar refractivity (Wildman–Crippen MR) is 67.5 cm³/mol. The van der Waals surface area contributed by atoms with Crippen LogP contribution >= 0.6 is 0 Å². The molecule has 1 N–H and O–H groups in total. The third kappa shape index (κ3) is 2.76. The van der Waals surface area contributed by atoms with E-state index in [1.54, 1.807) is 18.5 Å². The molecule has 1 aliphatic heterocycles. The van der Waals surface area contributed by atoms with E-state index >= 15 is 0 Å². The van der Waals surface area contributed by atoms with E-state index in [0.717, 1.165) is 32.1 Å². The number of piperazine rings is 1. The van der Waals surface area contributed by atoms with Gasteiger partial charge in [0.25, 0.3) is 0 Å². The molecule has 0 bridgehead atoms. The Kier molecular flexibility index (Phi) is 4.09. The largest absolute Gasteiger partial charge is 0.480 e. The number of carboxylic acids is 1. The van der Waals surface area contributed by atoms with Crippen LogP contribution in [-0.4, -0.2) is 58.2 Å². The first-order chi connectivity index (χ1) is 8.72. The molecule has 1 atom stereocenters. The number of carbonyl (C=O) groups is 1. The molecule has 98 valence electrons. The van der Waals surface area contributed by atoms with Crippen molar-refractivity contribution >= 4 is 11.9 Å². The normalized spacial score (nSPS) is 18.6. The van der Waals surface area contributed by atoms with Crippen LogP contribution in [0.2, 0.25) is 0 Å². The average Bonchev–Trinajstić information content (AvgIpc) is 2.41. The molecule has 0 saturated carbocycles. The second kappa shape index (κ2) is 5.77. The quantitative estimate of drug-likeness (QED) is 0.837. The predicted octanol–water partition coefficient (Wildman–Crippen LogP) is 0.462. The third-order valence-corrected chi connectivity index (χ3v) is 3.26. The van der Waals surface area contributed by atoms with Gasteiger partial charge in [-0.05, 0) is 12.5 Å². The van der Waals surface area contributed by atoms with Crippen LogP contribution in [0.25, 0.3) is 0 Å².